The number of hydrogen-bond acceptors (Lipinski definition) is 9. The highest BCUT2D eigenvalue weighted by molar-refractivity contribution is 7.47. The third kappa shape index (κ3) is 41.1. The summed E-state index contributed by atoms with van der Waals surface area (Å²) in [5.74, 6) is -2.47. The molecule has 340 valence electrons. The number of nitrogens with two attached hydrogens (primary N) is 1. The van der Waals surface area contributed by atoms with Crippen molar-refractivity contribution in [2.24, 2.45) is 5.73 Å². The number of carbonyl (C=O) groups excluding carboxylic acids is 2. The normalized spacial score (nSPS) is 14.6. The van der Waals surface area contributed by atoms with Crippen LogP contribution in [0.15, 0.2) is 97.2 Å². The van der Waals surface area contributed by atoms with E-state index in [0.29, 0.717) is 12.8 Å². The van der Waals surface area contributed by atoms with Gasteiger partial charge in [-0.15, -0.1) is 0 Å². The van der Waals surface area contributed by atoms with Gasteiger partial charge in [-0.25, -0.2) is 4.57 Å². The summed E-state index contributed by atoms with van der Waals surface area (Å²) in [7, 11) is -4.74. The van der Waals surface area contributed by atoms with Crippen LogP contribution < -0.4 is 5.73 Å². The standard InChI is InChI=1S/C48H78NO10P/c1-3-5-7-9-11-13-15-17-19-21-22-24-25-27-29-31-33-35-37-39-46(50)56-41-44(42-57-60(54,55)58-43-45(49)48(52)53)59-47(51)40-38-36-34-32-30-28-26-23-20-18-16-14-12-10-8-6-4-2/h8,10-11,13-14,16-17,19-20,22-24,27-30,44-45H,3-7,9,12,15,18,21,25-26,31-43,49H2,1-2H3,(H,52,53)(H,54,55)/b10-8+,13-11+,16-14+,19-17+,23-20+,24-22+,29-27+,30-28+/t44-,45+/m1/s1. The van der Waals surface area contributed by atoms with E-state index in [1.807, 2.05) is 0 Å². The monoisotopic (exact) mass is 860 g/mol. The molecule has 0 saturated heterocycles. The third-order valence-corrected chi connectivity index (χ3v) is 9.74. The molecule has 12 heteroatoms. The number of hydrogen-bond donors (Lipinski definition) is 3. The summed E-state index contributed by atoms with van der Waals surface area (Å²) in [4.78, 5) is 46.0. The maximum absolute atomic E-state index is 12.6. The molecule has 0 amide bonds. The topological polar surface area (TPSA) is 172 Å². The van der Waals surface area contributed by atoms with E-state index in [0.717, 1.165) is 83.5 Å². The highest BCUT2D eigenvalue weighted by atomic mass is 31.2. The number of carboxylic acid groups (broad SMARTS) is 1. The molecule has 0 aliphatic rings. The molecule has 0 heterocycles. The fraction of sp³-hybridized carbons (Fsp3) is 0.604. The van der Waals surface area contributed by atoms with Gasteiger partial charge in [0, 0.05) is 12.8 Å². The summed E-state index contributed by atoms with van der Waals surface area (Å²) in [6, 6.07) is -1.54. The molecule has 1 unspecified atom stereocenters. The van der Waals surface area contributed by atoms with Crippen LogP contribution in [0.3, 0.4) is 0 Å². The predicted molar refractivity (Wildman–Crippen MR) is 244 cm³/mol. The second kappa shape index (κ2) is 42.1. The van der Waals surface area contributed by atoms with Gasteiger partial charge in [0.2, 0.25) is 0 Å². The second-order valence-electron chi connectivity index (χ2n) is 14.5. The van der Waals surface area contributed by atoms with Gasteiger partial charge in [0.05, 0.1) is 13.2 Å². The van der Waals surface area contributed by atoms with Crippen molar-refractivity contribution in [1.82, 2.24) is 0 Å². The number of carboxylic acids is 1. The molecule has 0 rings (SSSR count). The van der Waals surface area contributed by atoms with Crippen LogP contribution in [0.25, 0.3) is 0 Å². The van der Waals surface area contributed by atoms with Gasteiger partial charge >= 0.3 is 25.7 Å². The number of allylic oxidation sites excluding steroid dienone is 16. The first kappa shape index (κ1) is 56.4. The van der Waals surface area contributed by atoms with Gasteiger partial charge in [0.1, 0.15) is 12.6 Å². The van der Waals surface area contributed by atoms with Gasteiger partial charge in [-0.05, 0) is 96.3 Å². The van der Waals surface area contributed by atoms with Crippen LogP contribution in [0.2, 0.25) is 0 Å². The average Bonchev–Trinajstić information content (AvgIpc) is 3.22. The fourth-order valence-corrected chi connectivity index (χ4v) is 6.05. The van der Waals surface area contributed by atoms with Crippen LogP contribution in [0.4, 0.5) is 0 Å². The van der Waals surface area contributed by atoms with Crippen LogP contribution in [-0.4, -0.2) is 59.9 Å². The van der Waals surface area contributed by atoms with Crippen molar-refractivity contribution in [3.63, 3.8) is 0 Å². The van der Waals surface area contributed by atoms with Crippen LogP contribution in [0.1, 0.15) is 155 Å². The Morgan fingerprint density at radius 2 is 0.917 bits per heavy atom. The Morgan fingerprint density at radius 1 is 0.517 bits per heavy atom. The molecule has 0 aliphatic carbocycles. The molecule has 11 nitrogen and oxygen atoms in total. The Balaban J connectivity index is 4.50. The molecular weight excluding hydrogens is 781 g/mol. The zero-order valence-electron chi connectivity index (χ0n) is 36.8. The van der Waals surface area contributed by atoms with Crippen molar-refractivity contribution in [3.8, 4) is 0 Å². The van der Waals surface area contributed by atoms with Crippen molar-refractivity contribution in [3.05, 3.63) is 97.2 Å². The Labute approximate surface area is 362 Å². The number of phosphoric acid groups is 1. The molecule has 0 aromatic heterocycles. The largest absolute Gasteiger partial charge is 0.480 e. The number of aliphatic carboxylic acids is 1. The van der Waals surface area contributed by atoms with Crippen molar-refractivity contribution < 1.29 is 47.5 Å². The minimum atomic E-state index is -4.74. The molecule has 0 aromatic rings. The summed E-state index contributed by atoms with van der Waals surface area (Å²) in [5.41, 5.74) is 5.33. The lowest BCUT2D eigenvalue weighted by Gasteiger charge is -2.20. The Morgan fingerprint density at radius 3 is 1.35 bits per heavy atom. The minimum absolute atomic E-state index is 0.110. The number of esters is 2. The quantitative estimate of drug-likeness (QED) is 0.0232. The van der Waals surface area contributed by atoms with Crippen LogP contribution in [0.5, 0.6) is 0 Å². The molecule has 0 radical (unpaired) electrons. The van der Waals surface area contributed by atoms with Gasteiger partial charge in [-0.1, -0.05) is 143 Å². The molecule has 60 heavy (non-hydrogen) atoms. The highest BCUT2D eigenvalue weighted by Crippen LogP contribution is 2.43. The Bertz CT molecular complexity index is 1380. The third-order valence-electron chi connectivity index (χ3n) is 8.79. The van der Waals surface area contributed by atoms with E-state index in [-0.39, 0.29) is 19.4 Å². The first-order chi connectivity index (χ1) is 29.1. The maximum Gasteiger partial charge on any atom is 0.472 e. The molecule has 0 aliphatic heterocycles. The number of carbonyl (C=O) groups is 3. The SMILES string of the molecule is CCC/C=C/C/C=C/C/C=C/C/C=C/CCCCCC(=O)O[C@H](COC(=O)CCCCC/C=C/C/C=C/C/C=C/C/C=C/CCCCC)COP(=O)(O)OC[C@H](N)C(=O)O. The lowest BCUT2D eigenvalue weighted by molar-refractivity contribution is -0.161. The van der Waals surface area contributed by atoms with E-state index < -0.39 is 51.1 Å². The van der Waals surface area contributed by atoms with E-state index in [2.05, 4.69) is 116 Å². The highest BCUT2D eigenvalue weighted by Gasteiger charge is 2.28. The summed E-state index contributed by atoms with van der Waals surface area (Å²) in [5, 5.41) is 8.89. The van der Waals surface area contributed by atoms with E-state index >= 15 is 0 Å². The van der Waals surface area contributed by atoms with E-state index in [4.69, 9.17) is 24.8 Å². The van der Waals surface area contributed by atoms with Gasteiger partial charge in [-0.2, -0.15) is 0 Å². The second-order valence-corrected chi connectivity index (χ2v) is 15.9. The molecular formula is C48H78NO10P. The van der Waals surface area contributed by atoms with E-state index in [9.17, 15) is 23.8 Å². The van der Waals surface area contributed by atoms with E-state index in [1.165, 1.54) is 32.1 Å². The van der Waals surface area contributed by atoms with Crippen molar-refractivity contribution in [2.45, 2.75) is 167 Å². The summed E-state index contributed by atoms with van der Waals surface area (Å²) in [6.45, 7) is 2.62. The minimum Gasteiger partial charge on any atom is -0.480 e. The number of rotatable bonds is 40. The molecule has 0 fully saturated rings. The molecule has 0 aromatic carbocycles. The fourth-order valence-electron chi connectivity index (χ4n) is 5.27. The molecule has 3 atom stereocenters. The van der Waals surface area contributed by atoms with Crippen LogP contribution in [-0.2, 0) is 37.5 Å². The zero-order chi connectivity index (χ0) is 44.2. The number of phosphoric ester groups is 1. The predicted octanol–water partition coefficient (Wildman–Crippen LogP) is 12.1. The molecule has 0 spiro atoms. The number of unbranched alkanes of at least 4 members (excludes halogenated alkanes) is 10. The van der Waals surface area contributed by atoms with Gasteiger partial charge in [0.25, 0.3) is 0 Å². The average molecular weight is 860 g/mol. The Hall–Kier alpha value is -3.60. The summed E-state index contributed by atoms with van der Waals surface area (Å²) < 4.78 is 32.7. The lowest BCUT2D eigenvalue weighted by Crippen LogP contribution is -2.34. The van der Waals surface area contributed by atoms with Crippen molar-refractivity contribution >= 4 is 25.7 Å². The van der Waals surface area contributed by atoms with Crippen molar-refractivity contribution in [1.29, 1.82) is 0 Å². The molecule has 0 saturated carbocycles. The summed E-state index contributed by atoms with van der Waals surface area (Å²) in [6.07, 6.45) is 53.2. The Kier molecular flexibility index (Phi) is 39.6. The lowest BCUT2D eigenvalue weighted by atomic mass is 10.1. The van der Waals surface area contributed by atoms with Crippen molar-refractivity contribution in [2.75, 3.05) is 19.8 Å². The number of ether oxygens (including phenoxy) is 2. The maximum atomic E-state index is 12.6. The first-order valence-corrected chi connectivity index (χ1v) is 23.8. The summed E-state index contributed by atoms with van der Waals surface area (Å²) >= 11 is 0. The van der Waals surface area contributed by atoms with Crippen LogP contribution in [0, 0.1) is 0 Å². The smallest absolute Gasteiger partial charge is 0.472 e. The van der Waals surface area contributed by atoms with Gasteiger partial charge < -0.3 is 25.2 Å². The first-order valence-electron chi connectivity index (χ1n) is 22.3. The van der Waals surface area contributed by atoms with Gasteiger partial charge in [-0.3, -0.25) is 23.4 Å². The van der Waals surface area contributed by atoms with Crippen LogP contribution >= 0.6 is 7.82 Å². The zero-order valence-corrected chi connectivity index (χ0v) is 37.6. The molecule has 4 N–H and O–H groups in total. The van der Waals surface area contributed by atoms with Gasteiger partial charge in [0.15, 0.2) is 6.10 Å². The molecule has 0 bridgehead atoms. The van der Waals surface area contributed by atoms with E-state index in [1.54, 1.807) is 0 Å².